The Morgan fingerprint density at radius 3 is 2.59 bits per heavy atom. The van der Waals surface area contributed by atoms with Crippen LogP contribution in [0.5, 0.6) is 0 Å². The standard InChI is InChI=1S/C22H20N4O/c1-26(2)18-10-6-8-16(14-18)22(27)23-17-9-5-7-15(13-17)21-24-19-11-3-4-12-20(19)25-21/h3-14H,1-2H3,(H,23,27)(H,24,25). The molecule has 0 aliphatic carbocycles. The molecule has 1 amide bonds. The number of benzene rings is 3. The third kappa shape index (κ3) is 3.53. The molecule has 3 aromatic carbocycles. The highest BCUT2D eigenvalue weighted by Crippen LogP contribution is 2.23. The molecule has 4 rings (SSSR count). The van der Waals surface area contributed by atoms with E-state index in [9.17, 15) is 4.79 Å². The average Bonchev–Trinajstić information content (AvgIpc) is 3.12. The number of hydrogen-bond acceptors (Lipinski definition) is 3. The number of nitrogens with one attached hydrogen (secondary N) is 2. The molecule has 0 bridgehead atoms. The number of aromatic amines is 1. The number of rotatable bonds is 4. The molecule has 0 aliphatic heterocycles. The monoisotopic (exact) mass is 356 g/mol. The molecule has 2 N–H and O–H groups in total. The first-order chi connectivity index (χ1) is 13.1. The van der Waals surface area contributed by atoms with E-state index >= 15 is 0 Å². The van der Waals surface area contributed by atoms with Gasteiger partial charge in [0, 0.05) is 36.6 Å². The molecule has 0 saturated carbocycles. The predicted octanol–water partition coefficient (Wildman–Crippen LogP) is 4.55. The molecule has 1 heterocycles. The maximum absolute atomic E-state index is 12.6. The fourth-order valence-electron chi connectivity index (χ4n) is 2.96. The first-order valence-electron chi connectivity index (χ1n) is 8.74. The lowest BCUT2D eigenvalue weighted by Crippen LogP contribution is -2.14. The van der Waals surface area contributed by atoms with Crippen LogP contribution in [0.1, 0.15) is 10.4 Å². The summed E-state index contributed by atoms with van der Waals surface area (Å²) in [6.07, 6.45) is 0. The SMILES string of the molecule is CN(C)c1cccc(C(=O)Nc2cccc(-c3nc4ccccc4[nH]3)c2)c1. The summed E-state index contributed by atoms with van der Waals surface area (Å²) in [6.45, 7) is 0. The quantitative estimate of drug-likeness (QED) is 0.564. The van der Waals surface area contributed by atoms with Crippen molar-refractivity contribution < 1.29 is 4.79 Å². The molecule has 0 fully saturated rings. The van der Waals surface area contributed by atoms with Gasteiger partial charge in [-0.15, -0.1) is 0 Å². The van der Waals surface area contributed by atoms with Crippen LogP contribution in [0.3, 0.4) is 0 Å². The van der Waals surface area contributed by atoms with Gasteiger partial charge in [-0.1, -0.05) is 30.3 Å². The zero-order valence-corrected chi connectivity index (χ0v) is 15.2. The lowest BCUT2D eigenvalue weighted by Gasteiger charge is -2.13. The van der Waals surface area contributed by atoms with Crippen LogP contribution in [0, 0.1) is 0 Å². The highest BCUT2D eigenvalue weighted by Gasteiger charge is 2.10. The van der Waals surface area contributed by atoms with Crippen molar-refractivity contribution in [3.05, 3.63) is 78.4 Å². The molecule has 5 heteroatoms. The molecule has 0 radical (unpaired) electrons. The number of para-hydroxylation sites is 2. The van der Waals surface area contributed by atoms with Gasteiger partial charge < -0.3 is 15.2 Å². The lowest BCUT2D eigenvalue weighted by molar-refractivity contribution is 0.102. The van der Waals surface area contributed by atoms with Gasteiger partial charge in [0.05, 0.1) is 11.0 Å². The Bertz CT molecular complexity index is 1080. The summed E-state index contributed by atoms with van der Waals surface area (Å²) in [6, 6.07) is 23.1. The van der Waals surface area contributed by atoms with Crippen molar-refractivity contribution >= 4 is 28.3 Å². The Morgan fingerprint density at radius 1 is 0.963 bits per heavy atom. The van der Waals surface area contributed by atoms with Crippen molar-refractivity contribution in [2.45, 2.75) is 0 Å². The van der Waals surface area contributed by atoms with E-state index in [0.29, 0.717) is 5.56 Å². The largest absolute Gasteiger partial charge is 0.378 e. The van der Waals surface area contributed by atoms with Gasteiger partial charge in [-0.05, 0) is 42.5 Å². The Kier molecular flexibility index (Phi) is 4.34. The zero-order chi connectivity index (χ0) is 18.8. The normalized spacial score (nSPS) is 10.7. The molecule has 0 saturated heterocycles. The number of imidazole rings is 1. The third-order valence-corrected chi connectivity index (χ3v) is 4.41. The maximum atomic E-state index is 12.6. The minimum atomic E-state index is -0.138. The molecule has 5 nitrogen and oxygen atoms in total. The van der Waals surface area contributed by atoms with Crippen LogP contribution in [0.2, 0.25) is 0 Å². The van der Waals surface area contributed by atoms with Crippen LogP contribution in [0.15, 0.2) is 72.8 Å². The average molecular weight is 356 g/mol. The highest BCUT2D eigenvalue weighted by atomic mass is 16.1. The van der Waals surface area contributed by atoms with E-state index in [-0.39, 0.29) is 5.91 Å². The summed E-state index contributed by atoms with van der Waals surface area (Å²) in [7, 11) is 3.90. The van der Waals surface area contributed by atoms with E-state index in [4.69, 9.17) is 0 Å². The van der Waals surface area contributed by atoms with Crippen molar-refractivity contribution in [1.29, 1.82) is 0 Å². The smallest absolute Gasteiger partial charge is 0.255 e. The van der Waals surface area contributed by atoms with E-state index in [1.807, 2.05) is 91.8 Å². The summed E-state index contributed by atoms with van der Waals surface area (Å²) in [4.78, 5) is 22.5. The van der Waals surface area contributed by atoms with Crippen molar-refractivity contribution in [1.82, 2.24) is 9.97 Å². The Morgan fingerprint density at radius 2 is 1.78 bits per heavy atom. The fourth-order valence-corrected chi connectivity index (χ4v) is 2.96. The van der Waals surface area contributed by atoms with Gasteiger partial charge >= 0.3 is 0 Å². The molecule has 134 valence electrons. The molecule has 27 heavy (non-hydrogen) atoms. The van der Waals surface area contributed by atoms with Gasteiger partial charge in [-0.25, -0.2) is 4.98 Å². The number of hydrogen-bond donors (Lipinski definition) is 2. The van der Waals surface area contributed by atoms with Gasteiger partial charge in [0.2, 0.25) is 0 Å². The van der Waals surface area contributed by atoms with Gasteiger partial charge in [0.15, 0.2) is 0 Å². The predicted molar refractivity (Wildman–Crippen MR) is 110 cm³/mol. The van der Waals surface area contributed by atoms with Crippen LogP contribution >= 0.6 is 0 Å². The van der Waals surface area contributed by atoms with Crippen LogP contribution in [0.4, 0.5) is 11.4 Å². The number of anilines is 2. The van der Waals surface area contributed by atoms with E-state index in [2.05, 4.69) is 15.3 Å². The summed E-state index contributed by atoms with van der Waals surface area (Å²) in [5.41, 5.74) is 5.16. The van der Waals surface area contributed by atoms with Crippen LogP contribution in [-0.4, -0.2) is 30.0 Å². The number of carbonyl (C=O) groups excluding carboxylic acids is 1. The second kappa shape index (κ2) is 6.96. The van der Waals surface area contributed by atoms with Crippen molar-refractivity contribution in [3.63, 3.8) is 0 Å². The molecule has 0 aliphatic rings. The lowest BCUT2D eigenvalue weighted by atomic mass is 10.1. The van der Waals surface area contributed by atoms with Gasteiger partial charge in [0.1, 0.15) is 5.82 Å². The second-order valence-electron chi connectivity index (χ2n) is 6.58. The first kappa shape index (κ1) is 16.8. The van der Waals surface area contributed by atoms with Crippen LogP contribution in [0.25, 0.3) is 22.4 Å². The van der Waals surface area contributed by atoms with Gasteiger partial charge in [-0.2, -0.15) is 0 Å². The topological polar surface area (TPSA) is 61.0 Å². The number of aromatic nitrogens is 2. The van der Waals surface area contributed by atoms with Gasteiger partial charge in [-0.3, -0.25) is 4.79 Å². The minimum Gasteiger partial charge on any atom is -0.378 e. The summed E-state index contributed by atoms with van der Waals surface area (Å²) in [5, 5.41) is 2.97. The number of fused-ring (bicyclic) bond motifs is 1. The third-order valence-electron chi connectivity index (χ3n) is 4.41. The number of carbonyl (C=O) groups is 1. The fraction of sp³-hybridized carbons (Fsp3) is 0.0909. The summed E-state index contributed by atoms with van der Waals surface area (Å²) < 4.78 is 0. The number of nitrogens with zero attached hydrogens (tertiary/aromatic N) is 2. The van der Waals surface area contributed by atoms with E-state index < -0.39 is 0 Å². The van der Waals surface area contributed by atoms with E-state index in [1.165, 1.54) is 0 Å². The number of amides is 1. The van der Waals surface area contributed by atoms with Crippen molar-refractivity contribution in [3.8, 4) is 11.4 Å². The molecular weight excluding hydrogens is 336 g/mol. The summed E-state index contributed by atoms with van der Waals surface area (Å²) >= 11 is 0. The van der Waals surface area contributed by atoms with Crippen molar-refractivity contribution in [2.75, 3.05) is 24.3 Å². The molecular formula is C22H20N4O. The van der Waals surface area contributed by atoms with Gasteiger partial charge in [0.25, 0.3) is 5.91 Å². The summed E-state index contributed by atoms with van der Waals surface area (Å²) in [5.74, 6) is 0.641. The molecule has 0 unspecified atom stereocenters. The van der Waals surface area contributed by atoms with E-state index in [0.717, 1.165) is 33.8 Å². The minimum absolute atomic E-state index is 0.138. The second-order valence-corrected chi connectivity index (χ2v) is 6.58. The number of H-pyrrole nitrogens is 1. The molecule has 0 atom stereocenters. The first-order valence-corrected chi connectivity index (χ1v) is 8.74. The Labute approximate surface area is 157 Å². The Hall–Kier alpha value is -3.60. The molecule has 1 aromatic heterocycles. The maximum Gasteiger partial charge on any atom is 0.255 e. The van der Waals surface area contributed by atoms with Crippen LogP contribution in [-0.2, 0) is 0 Å². The Balaban J connectivity index is 1.59. The molecule has 0 spiro atoms. The van der Waals surface area contributed by atoms with Crippen LogP contribution < -0.4 is 10.2 Å². The van der Waals surface area contributed by atoms with Crippen molar-refractivity contribution in [2.24, 2.45) is 0 Å². The van der Waals surface area contributed by atoms with E-state index in [1.54, 1.807) is 0 Å². The highest BCUT2D eigenvalue weighted by molar-refractivity contribution is 6.05. The zero-order valence-electron chi connectivity index (χ0n) is 15.2. The molecule has 4 aromatic rings.